The van der Waals surface area contributed by atoms with Crippen molar-refractivity contribution in [2.24, 2.45) is 0 Å². The summed E-state index contributed by atoms with van der Waals surface area (Å²) in [6.07, 6.45) is 0.797. The Morgan fingerprint density at radius 3 is 2.88 bits per heavy atom. The Kier molecular flexibility index (Phi) is 3.07. The summed E-state index contributed by atoms with van der Waals surface area (Å²) in [6, 6.07) is 5.03. The minimum atomic E-state index is -0.325. The van der Waals surface area contributed by atoms with Crippen LogP contribution in [-0.2, 0) is 4.74 Å². The summed E-state index contributed by atoms with van der Waals surface area (Å²) in [4.78, 5) is 12.0. The first-order valence-electron chi connectivity index (χ1n) is 5.70. The number of benzene rings is 1. The summed E-state index contributed by atoms with van der Waals surface area (Å²) in [6.45, 7) is 5.00. The van der Waals surface area contributed by atoms with Gasteiger partial charge in [-0.3, -0.25) is 4.79 Å². The number of aromatic hydroxyl groups is 1. The number of carbonyl (C=O) groups is 1. The molecule has 0 aromatic heterocycles. The van der Waals surface area contributed by atoms with Gasteiger partial charge in [-0.2, -0.15) is 0 Å². The molecule has 1 heterocycles. The van der Waals surface area contributed by atoms with Crippen LogP contribution in [0.25, 0.3) is 0 Å². The molecule has 0 bridgehead atoms. The predicted octanol–water partition coefficient (Wildman–Crippen LogP) is 1.61. The SMILES string of the molecule is Cc1ccc(C(=O)NC2(C)CCOC2)c(O)c1. The first-order chi connectivity index (χ1) is 8.00. The van der Waals surface area contributed by atoms with Crippen molar-refractivity contribution >= 4 is 5.91 Å². The zero-order valence-corrected chi connectivity index (χ0v) is 10.1. The highest BCUT2D eigenvalue weighted by Crippen LogP contribution is 2.22. The van der Waals surface area contributed by atoms with E-state index in [0.29, 0.717) is 18.8 Å². The highest BCUT2D eigenvalue weighted by Gasteiger charge is 2.32. The Morgan fingerprint density at radius 2 is 2.29 bits per heavy atom. The normalized spacial score (nSPS) is 23.6. The smallest absolute Gasteiger partial charge is 0.255 e. The first kappa shape index (κ1) is 11.9. The third kappa shape index (κ3) is 2.58. The second-order valence-electron chi connectivity index (χ2n) is 4.84. The topological polar surface area (TPSA) is 58.6 Å². The van der Waals surface area contributed by atoms with Crippen LogP contribution in [0, 0.1) is 6.92 Å². The van der Waals surface area contributed by atoms with Gasteiger partial charge < -0.3 is 15.2 Å². The van der Waals surface area contributed by atoms with Gasteiger partial charge >= 0.3 is 0 Å². The van der Waals surface area contributed by atoms with Crippen molar-refractivity contribution in [3.05, 3.63) is 29.3 Å². The van der Waals surface area contributed by atoms with E-state index in [2.05, 4.69) is 5.32 Å². The lowest BCUT2D eigenvalue weighted by Gasteiger charge is -2.23. The predicted molar refractivity (Wildman–Crippen MR) is 64.2 cm³/mol. The van der Waals surface area contributed by atoms with Crippen LogP contribution in [0.5, 0.6) is 5.75 Å². The first-order valence-corrected chi connectivity index (χ1v) is 5.70. The average molecular weight is 235 g/mol. The Hall–Kier alpha value is -1.55. The second-order valence-corrected chi connectivity index (χ2v) is 4.84. The lowest BCUT2D eigenvalue weighted by molar-refractivity contribution is 0.0887. The number of ether oxygens (including phenoxy) is 1. The van der Waals surface area contributed by atoms with Crippen molar-refractivity contribution in [2.45, 2.75) is 25.8 Å². The average Bonchev–Trinajstić information content (AvgIpc) is 2.64. The van der Waals surface area contributed by atoms with Crippen molar-refractivity contribution in [3.63, 3.8) is 0 Å². The maximum atomic E-state index is 12.0. The van der Waals surface area contributed by atoms with Gasteiger partial charge in [0.25, 0.3) is 5.91 Å². The summed E-state index contributed by atoms with van der Waals surface area (Å²) < 4.78 is 5.27. The van der Waals surface area contributed by atoms with Gasteiger partial charge in [0.05, 0.1) is 17.7 Å². The van der Waals surface area contributed by atoms with E-state index in [9.17, 15) is 9.90 Å². The van der Waals surface area contributed by atoms with E-state index in [1.165, 1.54) is 0 Å². The molecule has 1 aromatic rings. The molecule has 2 N–H and O–H groups in total. The summed E-state index contributed by atoms with van der Waals surface area (Å²) in [5, 5.41) is 12.6. The van der Waals surface area contributed by atoms with Crippen molar-refractivity contribution in [1.29, 1.82) is 0 Å². The largest absolute Gasteiger partial charge is 0.507 e. The molecular weight excluding hydrogens is 218 g/mol. The number of aryl methyl sites for hydroxylation is 1. The summed E-state index contributed by atoms with van der Waals surface area (Å²) >= 11 is 0. The second kappa shape index (κ2) is 4.37. The zero-order valence-electron chi connectivity index (χ0n) is 10.1. The maximum absolute atomic E-state index is 12.0. The number of nitrogens with one attached hydrogen (secondary N) is 1. The van der Waals surface area contributed by atoms with E-state index < -0.39 is 0 Å². The van der Waals surface area contributed by atoms with Crippen LogP contribution in [0.2, 0.25) is 0 Å². The molecule has 0 saturated carbocycles. The van der Waals surface area contributed by atoms with Gasteiger partial charge in [0, 0.05) is 6.61 Å². The fraction of sp³-hybridized carbons (Fsp3) is 0.462. The third-order valence-corrected chi connectivity index (χ3v) is 3.03. The highest BCUT2D eigenvalue weighted by atomic mass is 16.5. The van der Waals surface area contributed by atoms with Crippen LogP contribution in [0.1, 0.15) is 29.3 Å². The van der Waals surface area contributed by atoms with Gasteiger partial charge in [-0.15, -0.1) is 0 Å². The minimum Gasteiger partial charge on any atom is -0.507 e. The Balaban J connectivity index is 2.14. The number of carbonyl (C=O) groups excluding carboxylic acids is 1. The van der Waals surface area contributed by atoms with Crippen molar-refractivity contribution in [1.82, 2.24) is 5.32 Å². The molecule has 92 valence electrons. The number of rotatable bonds is 2. The van der Waals surface area contributed by atoms with E-state index in [1.54, 1.807) is 12.1 Å². The van der Waals surface area contributed by atoms with E-state index in [0.717, 1.165) is 12.0 Å². The molecule has 1 aliphatic heterocycles. The number of hydrogen-bond donors (Lipinski definition) is 2. The molecule has 0 radical (unpaired) electrons. The number of phenols is 1. The minimum absolute atomic E-state index is 0.0185. The molecule has 1 atom stereocenters. The molecule has 1 saturated heterocycles. The highest BCUT2D eigenvalue weighted by molar-refractivity contribution is 5.97. The molecule has 1 unspecified atom stereocenters. The third-order valence-electron chi connectivity index (χ3n) is 3.03. The van der Waals surface area contributed by atoms with E-state index in [-0.39, 0.29) is 17.2 Å². The van der Waals surface area contributed by atoms with Gasteiger partial charge in [0.2, 0.25) is 0 Å². The molecule has 1 aliphatic rings. The van der Waals surface area contributed by atoms with Crippen molar-refractivity contribution in [3.8, 4) is 5.75 Å². The lowest BCUT2D eigenvalue weighted by atomic mass is 10.0. The molecule has 1 amide bonds. The molecule has 1 aromatic carbocycles. The molecule has 4 nitrogen and oxygen atoms in total. The van der Waals surface area contributed by atoms with Crippen LogP contribution in [0.3, 0.4) is 0 Å². The van der Waals surface area contributed by atoms with Crippen LogP contribution in [-0.4, -0.2) is 29.8 Å². The zero-order chi connectivity index (χ0) is 12.5. The van der Waals surface area contributed by atoms with E-state index >= 15 is 0 Å². The molecule has 0 aliphatic carbocycles. The van der Waals surface area contributed by atoms with Crippen molar-refractivity contribution in [2.75, 3.05) is 13.2 Å². The summed E-state index contributed by atoms with van der Waals surface area (Å²) in [5.74, 6) is -0.236. The molecule has 2 rings (SSSR count). The molecular formula is C13H17NO3. The van der Waals surface area contributed by atoms with Gasteiger partial charge in [-0.05, 0) is 38.0 Å². The van der Waals surface area contributed by atoms with Gasteiger partial charge in [-0.1, -0.05) is 6.07 Å². The quantitative estimate of drug-likeness (QED) is 0.818. The van der Waals surface area contributed by atoms with Gasteiger partial charge in [0.15, 0.2) is 0 Å². The fourth-order valence-electron chi connectivity index (χ4n) is 1.94. The van der Waals surface area contributed by atoms with Crippen LogP contribution in [0.4, 0.5) is 0 Å². The van der Waals surface area contributed by atoms with Gasteiger partial charge in [0.1, 0.15) is 5.75 Å². The molecule has 0 spiro atoms. The molecule has 17 heavy (non-hydrogen) atoms. The Bertz CT molecular complexity index is 436. The fourth-order valence-corrected chi connectivity index (χ4v) is 1.94. The monoisotopic (exact) mass is 235 g/mol. The maximum Gasteiger partial charge on any atom is 0.255 e. The lowest BCUT2D eigenvalue weighted by Crippen LogP contribution is -2.46. The molecule has 1 fully saturated rings. The standard InChI is InChI=1S/C13H17NO3/c1-9-3-4-10(11(15)7-9)12(16)14-13(2)5-6-17-8-13/h3-4,7,15H,5-6,8H2,1-2H3,(H,14,16). The Morgan fingerprint density at radius 1 is 1.53 bits per heavy atom. The van der Waals surface area contributed by atoms with Gasteiger partial charge in [-0.25, -0.2) is 0 Å². The summed E-state index contributed by atoms with van der Waals surface area (Å²) in [7, 11) is 0. The Labute approximate surface area is 101 Å². The van der Waals surface area contributed by atoms with E-state index in [4.69, 9.17) is 4.74 Å². The number of phenolic OH excluding ortho intramolecular Hbond substituents is 1. The van der Waals surface area contributed by atoms with Crippen LogP contribution < -0.4 is 5.32 Å². The summed E-state index contributed by atoms with van der Waals surface area (Å²) in [5.41, 5.74) is 0.909. The number of hydrogen-bond acceptors (Lipinski definition) is 3. The van der Waals surface area contributed by atoms with Crippen LogP contribution in [0.15, 0.2) is 18.2 Å². The van der Waals surface area contributed by atoms with Crippen LogP contribution >= 0.6 is 0 Å². The van der Waals surface area contributed by atoms with E-state index in [1.807, 2.05) is 19.9 Å². The number of amides is 1. The van der Waals surface area contributed by atoms with Crippen molar-refractivity contribution < 1.29 is 14.6 Å². The molecule has 4 heteroatoms.